The summed E-state index contributed by atoms with van der Waals surface area (Å²) < 4.78 is 30.1. The molecular weight excluding hydrogens is 506 g/mol. The van der Waals surface area contributed by atoms with Crippen LogP contribution < -0.4 is 15.5 Å². The van der Waals surface area contributed by atoms with Crippen LogP contribution in [0.2, 0.25) is 0 Å². The largest absolute Gasteiger partial charge is 0.350 e. The van der Waals surface area contributed by atoms with Gasteiger partial charge >= 0.3 is 5.69 Å². The number of piperidine rings is 1. The molecule has 0 N–H and O–H groups in total. The van der Waals surface area contributed by atoms with E-state index in [4.69, 9.17) is 0 Å². The normalized spacial score (nSPS) is 16.7. The third-order valence-corrected chi connectivity index (χ3v) is 7.24. The molecule has 0 radical (unpaired) electrons. The second kappa shape index (κ2) is 9.20. The van der Waals surface area contributed by atoms with E-state index in [1.54, 1.807) is 37.5 Å². The molecule has 10 nitrogen and oxygen atoms in total. The highest BCUT2D eigenvalue weighted by molar-refractivity contribution is 5.97. The van der Waals surface area contributed by atoms with E-state index in [-0.39, 0.29) is 37.5 Å². The molecule has 2 aliphatic rings. The first-order valence-electron chi connectivity index (χ1n) is 12.5. The molecule has 4 aromatic rings. The fraction of sp³-hybridized carbons (Fsp3) is 0.296. The highest BCUT2D eigenvalue weighted by Gasteiger charge is 2.36. The number of aromatic nitrogens is 4. The smallest absolute Gasteiger partial charge is 0.338 e. The van der Waals surface area contributed by atoms with Crippen molar-refractivity contribution in [1.82, 2.24) is 24.1 Å². The van der Waals surface area contributed by atoms with Crippen LogP contribution in [0.15, 0.2) is 59.7 Å². The number of nitriles is 1. The SMILES string of the molecule is Cn1nc2cc(N3CCN(c4ccc(C#N)cc4)c4cc(C(=O)N5CCC(F)(F)CC5)cnc43)ccn2c1=O. The standard InChI is InChI=1S/C27H24F2N8O2/c1-33-26(39)37-9-6-21(15-23(37)32-33)36-13-12-35(20-4-2-18(16-30)3-5-20)22-14-19(17-31-24(22)36)25(38)34-10-7-27(28,29)8-11-34/h2-6,9,14-15,17H,7-8,10-13H2,1H3. The number of pyridine rings is 2. The summed E-state index contributed by atoms with van der Waals surface area (Å²) in [5.74, 6) is -2.50. The number of fused-ring (bicyclic) bond motifs is 2. The lowest BCUT2D eigenvalue weighted by Gasteiger charge is -2.38. The summed E-state index contributed by atoms with van der Waals surface area (Å²) in [5.41, 5.74) is 3.34. The van der Waals surface area contributed by atoms with Crippen molar-refractivity contribution in [3.8, 4) is 6.07 Å². The minimum Gasteiger partial charge on any atom is -0.338 e. The Morgan fingerprint density at radius 3 is 2.44 bits per heavy atom. The van der Waals surface area contributed by atoms with Gasteiger partial charge in [0.25, 0.3) is 11.8 Å². The van der Waals surface area contributed by atoms with Crippen molar-refractivity contribution >= 4 is 34.4 Å². The fourth-order valence-corrected chi connectivity index (χ4v) is 5.09. The van der Waals surface area contributed by atoms with E-state index in [2.05, 4.69) is 16.2 Å². The van der Waals surface area contributed by atoms with E-state index in [0.29, 0.717) is 41.4 Å². The van der Waals surface area contributed by atoms with Crippen LogP contribution in [0.3, 0.4) is 0 Å². The van der Waals surface area contributed by atoms with Crippen LogP contribution in [0, 0.1) is 11.3 Å². The predicted molar refractivity (Wildman–Crippen MR) is 140 cm³/mol. The lowest BCUT2D eigenvalue weighted by Crippen LogP contribution is -2.43. The Morgan fingerprint density at radius 2 is 1.72 bits per heavy atom. The summed E-state index contributed by atoms with van der Waals surface area (Å²) in [5, 5.41) is 13.5. The minimum absolute atomic E-state index is 0.0160. The molecule has 0 unspecified atom stereocenters. The van der Waals surface area contributed by atoms with Crippen LogP contribution >= 0.6 is 0 Å². The van der Waals surface area contributed by atoms with E-state index in [1.165, 1.54) is 20.2 Å². The molecule has 0 saturated carbocycles. The fourth-order valence-electron chi connectivity index (χ4n) is 5.09. The molecule has 198 valence electrons. The minimum atomic E-state index is -2.75. The van der Waals surface area contributed by atoms with Gasteiger partial charge in [-0.2, -0.15) is 10.4 Å². The maximum atomic E-state index is 13.7. The number of benzene rings is 1. The average Bonchev–Trinajstić information content (AvgIpc) is 3.24. The number of carbonyl (C=O) groups is 1. The summed E-state index contributed by atoms with van der Waals surface area (Å²) in [7, 11) is 1.59. The molecular formula is C27H24F2N8O2. The maximum Gasteiger partial charge on any atom is 0.350 e. The molecule has 39 heavy (non-hydrogen) atoms. The molecule has 6 rings (SSSR count). The van der Waals surface area contributed by atoms with E-state index in [9.17, 15) is 23.6 Å². The monoisotopic (exact) mass is 530 g/mol. The molecule has 1 fully saturated rings. The quantitative estimate of drug-likeness (QED) is 0.400. The van der Waals surface area contributed by atoms with Crippen LogP contribution in [-0.4, -0.2) is 62.1 Å². The van der Waals surface area contributed by atoms with E-state index in [1.807, 2.05) is 28.0 Å². The number of hydrogen-bond donors (Lipinski definition) is 0. The summed E-state index contributed by atoms with van der Waals surface area (Å²) >= 11 is 0. The van der Waals surface area contributed by atoms with Gasteiger partial charge in [-0.25, -0.2) is 23.2 Å². The number of halogens is 2. The molecule has 3 aromatic heterocycles. The van der Waals surface area contributed by atoms with Gasteiger partial charge in [-0.05, 0) is 36.4 Å². The van der Waals surface area contributed by atoms with Crippen LogP contribution in [0.4, 0.5) is 31.7 Å². The number of alkyl halides is 2. The Morgan fingerprint density at radius 1 is 1.00 bits per heavy atom. The molecule has 1 saturated heterocycles. The second-order valence-corrected chi connectivity index (χ2v) is 9.70. The first-order chi connectivity index (χ1) is 18.7. The first kappa shape index (κ1) is 24.5. The number of anilines is 4. The molecule has 0 aliphatic carbocycles. The molecule has 5 heterocycles. The van der Waals surface area contributed by atoms with Crippen LogP contribution in [-0.2, 0) is 7.05 Å². The van der Waals surface area contributed by atoms with Gasteiger partial charge in [0.15, 0.2) is 11.5 Å². The number of hydrogen-bond acceptors (Lipinski definition) is 7. The predicted octanol–water partition coefficient (Wildman–Crippen LogP) is 3.46. The van der Waals surface area contributed by atoms with Gasteiger partial charge in [0.2, 0.25) is 0 Å². The number of carbonyl (C=O) groups excluding carboxylic acids is 1. The Labute approximate surface area is 221 Å². The zero-order valence-electron chi connectivity index (χ0n) is 21.1. The lowest BCUT2D eigenvalue weighted by molar-refractivity contribution is -0.0494. The second-order valence-electron chi connectivity index (χ2n) is 9.70. The van der Waals surface area contributed by atoms with Crippen LogP contribution in [0.5, 0.6) is 0 Å². The van der Waals surface area contributed by atoms with E-state index in [0.717, 1.165) is 11.4 Å². The van der Waals surface area contributed by atoms with Gasteiger partial charge in [0, 0.05) is 75.9 Å². The van der Waals surface area contributed by atoms with E-state index < -0.39 is 5.92 Å². The average molecular weight is 531 g/mol. The van der Waals surface area contributed by atoms with Crippen molar-refractivity contribution in [2.45, 2.75) is 18.8 Å². The molecule has 2 aliphatic heterocycles. The van der Waals surface area contributed by atoms with Gasteiger partial charge in [0.1, 0.15) is 0 Å². The highest BCUT2D eigenvalue weighted by Crippen LogP contribution is 2.40. The summed E-state index contributed by atoms with van der Waals surface area (Å²) in [6, 6.07) is 14.6. The molecule has 12 heteroatoms. The van der Waals surface area contributed by atoms with E-state index >= 15 is 0 Å². The number of rotatable bonds is 3. The van der Waals surface area contributed by atoms with Crippen molar-refractivity contribution < 1.29 is 13.6 Å². The molecule has 1 aromatic carbocycles. The first-order valence-corrected chi connectivity index (χ1v) is 12.5. The number of amides is 1. The Bertz CT molecular complexity index is 1680. The van der Waals surface area contributed by atoms with Crippen molar-refractivity contribution in [2.75, 3.05) is 36.0 Å². The number of aryl methyl sites for hydroxylation is 1. The summed E-state index contributed by atoms with van der Waals surface area (Å²) in [6.45, 7) is 1.05. The van der Waals surface area contributed by atoms with Gasteiger partial charge in [-0.1, -0.05) is 0 Å². The zero-order chi connectivity index (χ0) is 27.3. The van der Waals surface area contributed by atoms with Gasteiger partial charge in [-0.15, -0.1) is 0 Å². The third-order valence-electron chi connectivity index (χ3n) is 7.24. The van der Waals surface area contributed by atoms with Crippen molar-refractivity contribution in [1.29, 1.82) is 5.26 Å². The summed E-state index contributed by atoms with van der Waals surface area (Å²) in [4.78, 5) is 35.7. The van der Waals surface area contributed by atoms with Gasteiger partial charge in [0.05, 0.1) is 22.9 Å². The van der Waals surface area contributed by atoms with Crippen molar-refractivity contribution in [2.24, 2.45) is 7.05 Å². The molecule has 0 bridgehead atoms. The zero-order valence-corrected chi connectivity index (χ0v) is 21.1. The Hall–Kier alpha value is -4.79. The maximum absolute atomic E-state index is 13.7. The Kier molecular flexibility index (Phi) is 5.79. The number of nitrogens with zero attached hydrogens (tertiary/aromatic N) is 8. The Balaban J connectivity index is 1.41. The van der Waals surface area contributed by atoms with Crippen LogP contribution in [0.25, 0.3) is 5.65 Å². The van der Waals surface area contributed by atoms with Gasteiger partial charge < -0.3 is 14.7 Å². The topological polar surface area (TPSA) is 103 Å². The van der Waals surface area contributed by atoms with Crippen molar-refractivity contribution in [3.63, 3.8) is 0 Å². The van der Waals surface area contributed by atoms with Gasteiger partial charge in [-0.3, -0.25) is 9.20 Å². The lowest BCUT2D eigenvalue weighted by atomic mass is 10.1. The van der Waals surface area contributed by atoms with Crippen LogP contribution in [0.1, 0.15) is 28.8 Å². The van der Waals surface area contributed by atoms with Crippen molar-refractivity contribution in [3.05, 3.63) is 76.5 Å². The summed E-state index contributed by atoms with van der Waals surface area (Å²) in [6.07, 6.45) is 2.42. The molecule has 0 atom stereocenters. The third kappa shape index (κ3) is 4.35. The number of likely N-dealkylation sites (tertiary alicyclic amines) is 1. The molecule has 1 amide bonds. The highest BCUT2D eigenvalue weighted by atomic mass is 19.3. The molecule has 0 spiro atoms.